The third-order valence-corrected chi connectivity index (χ3v) is 3.73. The smallest absolute Gasteiger partial charge is 0.338 e. The highest BCUT2D eigenvalue weighted by Crippen LogP contribution is 2.00. The van der Waals surface area contributed by atoms with Crippen molar-refractivity contribution in [3.8, 4) is 0 Å². The molecule has 0 unspecified atom stereocenters. The summed E-state index contributed by atoms with van der Waals surface area (Å²) >= 11 is 0. The first kappa shape index (κ1) is 23.6. The maximum absolute atomic E-state index is 11.7. The van der Waals surface area contributed by atoms with Gasteiger partial charge in [-0.3, -0.25) is 0 Å². The number of carbonyl (C=O) groups is 1. The van der Waals surface area contributed by atoms with Crippen LogP contribution in [0.4, 0.5) is 0 Å². The minimum absolute atomic E-state index is 0.231. The predicted molar refractivity (Wildman–Crippen MR) is 104 cm³/mol. The number of hydrogen-bond acceptors (Lipinski definition) is 6. The normalized spacial score (nSPS) is 10.9. The van der Waals surface area contributed by atoms with Gasteiger partial charge < -0.3 is 23.7 Å². The average molecular weight is 382 g/mol. The minimum Gasteiger partial charge on any atom is -0.460 e. The summed E-state index contributed by atoms with van der Waals surface area (Å²) < 4.78 is 26.8. The molecule has 0 saturated heterocycles. The van der Waals surface area contributed by atoms with Crippen LogP contribution < -0.4 is 0 Å². The quantitative estimate of drug-likeness (QED) is 0.286. The van der Waals surface area contributed by atoms with E-state index in [0.717, 1.165) is 13.0 Å². The molecule has 0 aliphatic carbocycles. The molecule has 0 fully saturated rings. The van der Waals surface area contributed by atoms with E-state index in [1.807, 2.05) is 6.07 Å². The van der Waals surface area contributed by atoms with Crippen LogP contribution in [0, 0.1) is 0 Å². The van der Waals surface area contributed by atoms with E-state index in [-0.39, 0.29) is 12.6 Å². The molecule has 1 aromatic rings. The summed E-state index contributed by atoms with van der Waals surface area (Å²) in [7, 11) is 0. The third-order valence-electron chi connectivity index (χ3n) is 3.73. The van der Waals surface area contributed by atoms with Gasteiger partial charge in [0.05, 0.1) is 51.8 Å². The fourth-order valence-corrected chi connectivity index (χ4v) is 2.24. The largest absolute Gasteiger partial charge is 0.460 e. The summed E-state index contributed by atoms with van der Waals surface area (Å²) in [5.41, 5.74) is 0.544. The van der Waals surface area contributed by atoms with Crippen LogP contribution in [-0.2, 0) is 23.7 Å². The number of carbonyl (C=O) groups excluding carboxylic acids is 1. The fourth-order valence-electron chi connectivity index (χ4n) is 2.24. The molecule has 27 heavy (non-hydrogen) atoms. The van der Waals surface area contributed by atoms with Crippen molar-refractivity contribution in [2.75, 3.05) is 59.5 Å². The molecule has 0 saturated carbocycles. The Morgan fingerprint density at radius 1 is 0.667 bits per heavy atom. The second-order valence-corrected chi connectivity index (χ2v) is 6.01. The standard InChI is InChI=1S/C21H34O6/c1-2-3-4-8-11-23-12-13-24-14-15-25-16-17-26-18-19-27-21(22)20-9-6-5-7-10-20/h5-7,9-10H,2-4,8,11-19H2,1H3. The third kappa shape index (κ3) is 14.3. The van der Waals surface area contributed by atoms with Gasteiger partial charge in [-0.15, -0.1) is 0 Å². The topological polar surface area (TPSA) is 63.2 Å². The van der Waals surface area contributed by atoms with Crippen molar-refractivity contribution in [3.05, 3.63) is 35.9 Å². The van der Waals surface area contributed by atoms with E-state index in [2.05, 4.69) is 6.92 Å². The fraction of sp³-hybridized carbons (Fsp3) is 0.667. The van der Waals surface area contributed by atoms with Crippen molar-refractivity contribution >= 4 is 5.97 Å². The van der Waals surface area contributed by atoms with Crippen molar-refractivity contribution in [2.45, 2.75) is 32.6 Å². The zero-order valence-electron chi connectivity index (χ0n) is 16.5. The van der Waals surface area contributed by atoms with Gasteiger partial charge >= 0.3 is 5.97 Å². The highest BCUT2D eigenvalue weighted by molar-refractivity contribution is 5.89. The lowest BCUT2D eigenvalue weighted by atomic mass is 10.2. The van der Waals surface area contributed by atoms with Crippen LogP contribution in [-0.4, -0.2) is 65.4 Å². The van der Waals surface area contributed by atoms with E-state index < -0.39 is 0 Å². The van der Waals surface area contributed by atoms with Gasteiger partial charge in [-0.2, -0.15) is 0 Å². The molecular weight excluding hydrogens is 348 g/mol. The molecule has 0 heterocycles. The Labute approximate surface area is 163 Å². The molecule has 0 spiro atoms. The predicted octanol–water partition coefficient (Wildman–Crippen LogP) is 3.49. The zero-order valence-corrected chi connectivity index (χ0v) is 16.5. The molecule has 0 aromatic heterocycles. The first-order valence-electron chi connectivity index (χ1n) is 9.87. The molecule has 1 aromatic carbocycles. The van der Waals surface area contributed by atoms with Crippen LogP contribution in [0.1, 0.15) is 43.0 Å². The summed E-state index contributed by atoms with van der Waals surface area (Å²) in [5, 5.41) is 0. The van der Waals surface area contributed by atoms with Crippen molar-refractivity contribution in [1.29, 1.82) is 0 Å². The van der Waals surface area contributed by atoms with E-state index in [0.29, 0.717) is 51.8 Å². The summed E-state index contributed by atoms with van der Waals surface area (Å²) in [6, 6.07) is 8.90. The van der Waals surface area contributed by atoms with Gasteiger partial charge in [0.25, 0.3) is 0 Å². The average Bonchev–Trinajstić information content (AvgIpc) is 2.70. The van der Waals surface area contributed by atoms with Crippen molar-refractivity contribution in [2.24, 2.45) is 0 Å². The van der Waals surface area contributed by atoms with Crippen LogP contribution in [0.15, 0.2) is 30.3 Å². The van der Waals surface area contributed by atoms with Gasteiger partial charge in [-0.25, -0.2) is 4.79 Å². The molecule has 0 radical (unpaired) electrons. The van der Waals surface area contributed by atoms with Crippen LogP contribution in [0.25, 0.3) is 0 Å². The Morgan fingerprint density at radius 3 is 1.74 bits per heavy atom. The Balaban J connectivity index is 1.75. The monoisotopic (exact) mass is 382 g/mol. The summed E-state index contributed by atoms with van der Waals surface area (Å²) in [6.07, 6.45) is 4.89. The van der Waals surface area contributed by atoms with E-state index >= 15 is 0 Å². The van der Waals surface area contributed by atoms with Gasteiger partial charge in [0.1, 0.15) is 6.61 Å². The zero-order chi connectivity index (χ0) is 19.4. The maximum Gasteiger partial charge on any atom is 0.338 e. The first-order valence-corrected chi connectivity index (χ1v) is 9.87. The maximum atomic E-state index is 11.7. The summed E-state index contributed by atoms with van der Waals surface area (Å²) in [6.45, 7) is 6.87. The second-order valence-electron chi connectivity index (χ2n) is 6.01. The Kier molecular flexibility index (Phi) is 15.6. The van der Waals surface area contributed by atoms with E-state index in [4.69, 9.17) is 23.7 Å². The number of rotatable bonds is 18. The molecule has 6 nitrogen and oxygen atoms in total. The highest BCUT2D eigenvalue weighted by Gasteiger charge is 2.04. The highest BCUT2D eigenvalue weighted by atomic mass is 16.6. The number of ether oxygens (including phenoxy) is 5. The number of esters is 1. The van der Waals surface area contributed by atoms with Gasteiger partial charge in [0.15, 0.2) is 0 Å². The van der Waals surface area contributed by atoms with Crippen LogP contribution >= 0.6 is 0 Å². The number of hydrogen-bond donors (Lipinski definition) is 0. The molecule has 0 N–H and O–H groups in total. The minimum atomic E-state index is -0.336. The molecule has 154 valence electrons. The molecule has 6 heteroatoms. The molecule has 0 bridgehead atoms. The number of unbranched alkanes of at least 4 members (excludes halogenated alkanes) is 3. The summed E-state index contributed by atoms with van der Waals surface area (Å²) in [5.74, 6) is -0.336. The molecule has 0 amide bonds. The van der Waals surface area contributed by atoms with Crippen LogP contribution in [0.3, 0.4) is 0 Å². The lowest BCUT2D eigenvalue weighted by Crippen LogP contribution is -2.14. The summed E-state index contributed by atoms with van der Waals surface area (Å²) in [4.78, 5) is 11.7. The van der Waals surface area contributed by atoms with Gasteiger partial charge in [-0.05, 0) is 18.6 Å². The molecular formula is C21H34O6. The lowest BCUT2D eigenvalue weighted by molar-refractivity contribution is -0.00913. The van der Waals surface area contributed by atoms with Crippen LogP contribution in [0.2, 0.25) is 0 Å². The van der Waals surface area contributed by atoms with Crippen molar-refractivity contribution in [1.82, 2.24) is 0 Å². The Bertz CT molecular complexity index is 451. The van der Waals surface area contributed by atoms with Gasteiger partial charge in [0.2, 0.25) is 0 Å². The van der Waals surface area contributed by atoms with E-state index in [9.17, 15) is 4.79 Å². The van der Waals surface area contributed by atoms with Gasteiger partial charge in [-0.1, -0.05) is 44.4 Å². The Hall–Kier alpha value is -1.47. The first-order chi connectivity index (χ1) is 13.3. The van der Waals surface area contributed by atoms with Crippen molar-refractivity contribution in [3.63, 3.8) is 0 Å². The van der Waals surface area contributed by atoms with E-state index in [1.54, 1.807) is 24.3 Å². The van der Waals surface area contributed by atoms with E-state index in [1.165, 1.54) is 19.3 Å². The second kappa shape index (κ2) is 17.9. The lowest BCUT2D eigenvalue weighted by Gasteiger charge is -2.08. The molecule has 0 aliphatic rings. The molecule has 1 rings (SSSR count). The SMILES string of the molecule is CCCCCCOCCOCCOCCOCCOC(=O)c1ccccc1. The number of benzene rings is 1. The molecule has 0 atom stereocenters. The van der Waals surface area contributed by atoms with Crippen molar-refractivity contribution < 1.29 is 28.5 Å². The molecule has 0 aliphatic heterocycles. The Morgan fingerprint density at radius 2 is 1.19 bits per heavy atom. The van der Waals surface area contributed by atoms with Crippen LogP contribution in [0.5, 0.6) is 0 Å². The van der Waals surface area contributed by atoms with Gasteiger partial charge in [0, 0.05) is 6.61 Å².